The highest BCUT2D eigenvalue weighted by Crippen LogP contribution is 2.33. The Morgan fingerprint density at radius 3 is 2.52 bits per heavy atom. The molecule has 2 aliphatic rings. The largest absolute Gasteiger partial charge is 0.394 e. The van der Waals surface area contributed by atoms with Gasteiger partial charge >= 0.3 is 0 Å². The van der Waals surface area contributed by atoms with Crippen LogP contribution in [0.2, 0.25) is 0 Å². The molecule has 0 amide bonds. The van der Waals surface area contributed by atoms with Crippen LogP contribution in [0.25, 0.3) is 0 Å². The number of unbranched alkanes of at least 4 members (excludes halogenated alkanes) is 3. The van der Waals surface area contributed by atoms with Gasteiger partial charge in [0.1, 0.15) is 0 Å². The van der Waals surface area contributed by atoms with Crippen LogP contribution in [0, 0.1) is 12.3 Å². The second-order valence-electron chi connectivity index (χ2n) is 13.0. The van der Waals surface area contributed by atoms with Gasteiger partial charge in [-0.3, -0.25) is 9.89 Å². The van der Waals surface area contributed by atoms with Gasteiger partial charge in [0.15, 0.2) is 0 Å². The first-order valence-corrected chi connectivity index (χ1v) is 17.5. The molecule has 6 heteroatoms. The molecule has 44 heavy (non-hydrogen) atoms. The van der Waals surface area contributed by atoms with E-state index in [4.69, 9.17) is 19.9 Å². The summed E-state index contributed by atoms with van der Waals surface area (Å²) in [7, 11) is 0. The van der Waals surface area contributed by atoms with Crippen molar-refractivity contribution in [3.05, 3.63) is 57.8 Å². The molecule has 0 saturated carbocycles. The average Bonchev–Trinajstić information content (AvgIpc) is 2.99. The maximum atomic E-state index is 9.33. The minimum absolute atomic E-state index is 0.0311. The molecule has 1 unspecified atom stereocenters. The third-order valence-electron chi connectivity index (χ3n) is 9.36. The molecule has 1 aromatic rings. The van der Waals surface area contributed by atoms with E-state index in [0.717, 1.165) is 102 Å². The lowest BCUT2D eigenvalue weighted by atomic mass is 9.83. The SMILES string of the molecule is CCC\C=C(C)/N=C(\C=C(/C)CCCc1cc(C2CCN(C3COC3)CC2)c(C)cc1C=N)CCCCCOC(CC)CO. The minimum atomic E-state index is -0.0311. The van der Waals surface area contributed by atoms with Crippen LogP contribution in [0.5, 0.6) is 0 Å². The van der Waals surface area contributed by atoms with Gasteiger partial charge in [-0.2, -0.15) is 0 Å². The second-order valence-corrected chi connectivity index (χ2v) is 13.0. The first-order chi connectivity index (χ1) is 21.4. The van der Waals surface area contributed by atoms with Crippen LogP contribution in [0.3, 0.4) is 0 Å². The topological polar surface area (TPSA) is 78.1 Å². The predicted octanol–water partition coefficient (Wildman–Crippen LogP) is 8.33. The number of rotatable bonds is 20. The summed E-state index contributed by atoms with van der Waals surface area (Å²) in [4.78, 5) is 7.63. The molecule has 2 fully saturated rings. The van der Waals surface area contributed by atoms with Gasteiger partial charge < -0.3 is 20.0 Å². The first kappa shape index (κ1) is 36.3. The Morgan fingerprint density at radius 1 is 1.11 bits per heavy atom. The van der Waals surface area contributed by atoms with Crippen LogP contribution in [-0.2, 0) is 15.9 Å². The van der Waals surface area contributed by atoms with E-state index in [-0.39, 0.29) is 12.7 Å². The molecule has 1 atom stereocenters. The number of allylic oxidation sites excluding steroid dienone is 4. The highest BCUT2D eigenvalue weighted by molar-refractivity contribution is 5.96. The zero-order chi connectivity index (χ0) is 31.7. The molecular formula is C38H61N3O3. The number of ether oxygens (including phenoxy) is 2. The Kier molecular flexibility index (Phi) is 16.6. The number of aryl methyl sites for hydroxylation is 2. The van der Waals surface area contributed by atoms with Crippen LogP contribution in [0.4, 0.5) is 0 Å². The molecule has 0 aliphatic carbocycles. The highest BCUT2D eigenvalue weighted by Gasteiger charge is 2.30. The van der Waals surface area contributed by atoms with Crippen LogP contribution in [0.15, 0.2) is 40.5 Å². The van der Waals surface area contributed by atoms with Crippen molar-refractivity contribution in [2.24, 2.45) is 4.99 Å². The van der Waals surface area contributed by atoms with E-state index in [1.165, 1.54) is 40.8 Å². The lowest BCUT2D eigenvalue weighted by Gasteiger charge is -2.41. The maximum absolute atomic E-state index is 9.33. The number of hydrogen-bond donors (Lipinski definition) is 2. The van der Waals surface area contributed by atoms with Crippen molar-refractivity contribution >= 4 is 11.9 Å². The monoisotopic (exact) mass is 607 g/mol. The fraction of sp³-hybridized carbons (Fsp3) is 0.684. The number of aliphatic hydroxyl groups is 1. The second kappa shape index (κ2) is 20.1. The Balaban J connectivity index is 1.57. The fourth-order valence-corrected chi connectivity index (χ4v) is 6.43. The zero-order valence-electron chi connectivity index (χ0n) is 28.5. The summed E-state index contributed by atoms with van der Waals surface area (Å²) in [6, 6.07) is 5.32. The molecule has 0 bridgehead atoms. The van der Waals surface area contributed by atoms with E-state index >= 15 is 0 Å². The van der Waals surface area contributed by atoms with E-state index in [1.807, 2.05) is 0 Å². The van der Waals surface area contributed by atoms with Crippen LogP contribution in [0.1, 0.15) is 126 Å². The summed E-state index contributed by atoms with van der Waals surface area (Å²) in [6.45, 7) is 15.8. The molecule has 6 nitrogen and oxygen atoms in total. The molecule has 2 saturated heterocycles. The van der Waals surface area contributed by atoms with Crippen LogP contribution in [-0.4, -0.2) is 73.6 Å². The molecule has 3 rings (SSSR count). The number of nitrogens with zero attached hydrogens (tertiary/aromatic N) is 2. The molecule has 2 aliphatic heterocycles. The van der Waals surface area contributed by atoms with Crippen molar-refractivity contribution in [3.63, 3.8) is 0 Å². The Morgan fingerprint density at radius 2 is 1.89 bits per heavy atom. The van der Waals surface area contributed by atoms with Gasteiger partial charge in [-0.1, -0.05) is 44.4 Å². The molecule has 0 aromatic heterocycles. The zero-order valence-corrected chi connectivity index (χ0v) is 28.5. The first-order valence-electron chi connectivity index (χ1n) is 17.5. The molecule has 2 heterocycles. The summed E-state index contributed by atoms with van der Waals surface area (Å²) < 4.78 is 11.2. The number of aliphatic hydroxyl groups excluding tert-OH is 1. The van der Waals surface area contributed by atoms with E-state index in [9.17, 15) is 5.11 Å². The number of benzene rings is 1. The quantitative estimate of drug-likeness (QED) is 0.115. The molecule has 1 aromatic carbocycles. The summed E-state index contributed by atoms with van der Waals surface area (Å²) >= 11 is 0. The molecule has 0 spiro atoms. The van der Waals surface area contributed by atoms with E-state index in [1.54, 1.807) is 6.21 Å². The third kappa shape index (κ3) is 12.0. The van der Waals surface area contributed by atoms with Crippen LogP contribution < -0.4 is 0 Å². The molecule has 246 valence electrons. The van der Waals surface area contributed by atoms with Gasteiger partial charge in [-0.05, 0) is 138 Å². The van der Waals surface area contributed by atoms with Crippen molar-refractivity contribution in [2.75, 3.05) is 39.5 Å². The average molecular weight is 608 g/mol. The van der Waals surface area contributed by atoms with E-state index in [0.29, 0.717) is 18.6 Å². The third-order valence-corrected chi connectivity index (χ3v) is 9.36. The van der Waals surface area contributed by atoms with Crippen molar-refractivity contribution in [1.29, 1.82) is 5.41 Å². The van der Waals surface area contributed by atoms with Gasteiger partial charge in [-0.25, -0.2) is 0 Å². The highest BCUT2D eigenvalue weighted by atomic mass is 16.5. The van der Waals surface area contributed by atoms with Gasteiger partial charge in [-0.15, -0.1) is 0 Å². The number of piperidine rings is 1. The number of likely N-dealkylation sites (tertiary alicyclic amines) is 1. The fourth-order valence-electron chi connectivity index (χ4n) is 6.43. The number of hydrogen-bond acceptors (Lipinski definition) is 6. The van der Waals surface area contributed by atoms with Gasteiger partial charge in [0.2, 0.25) is 0 Å². The van der Waals surface area contributed by atoms with Crippen molar-refractivity contribution in [1.82, 2.24) is 4.90 Å². The summed E-state index contributed by atoms with van der Waals surface area (Å²) in [5.74, 6) is 0.615. The minimum Gasteiger partial charge on any atom is -0.394 e. The standard InChI is InChI=1S/C38H61N3O3/c1-6-8-14-31(5)40-35(16-10-9-11-21-44-37(7-2)26-42)22-29(3)13-12-15-33-24-38(30(4)23-34(33)25-39)32-17-19-41(20-18-32)36-27-43-28-36/h14,22-25,32,36-37,39,42H,6-13,15-21,26-28H2,1-5H3/b29-22+,31-14-,39-25?,40-35-. The maximum Gasteiger partial charge on any atom is 0.0803 e. The van der Waals surface area contributed by atoms with Crippen molar-refractivity contribution in [2.45, 2.75) is 130 Å². The van der Waals surface area contributed by atoms with Gasteiger partial charge in [0.25, 0.3) is 0 Å². The molecule has 0 radical (unpaired) electrons. The van der Waals surface area contributed by atoms with Gasteiger partial charge in [0, 0.05) is 24.2 Å². The molecular weight excluding hydrogens is 546 g/mol. The van der Waals surface area contributed by atoms with Crippen molar-refractivity contribution < 1.29 is 14.6 Å². The predicted molar refractivity (Wildman–Crippen MR) is 186 cm³/mol. The number of nitrogens with one attached hydrogen (secondary N) is 1. The van der Waals surface area contributed by atoms with E-state index in [2.05, 4.69) is 63.8 Å². The summed E-state index contributed by atoms with van der Waals surface area (Å²) in [5.41, 5.74) is 8.89. The van der Waals surface area contributed by atoms with Crippen molar-refractivity contribution in [3.8, 4) is 0 Å². The Bertz CT molecular complexity index is 1090. The van der Waals surface area contributed by atoms with E-state index < -0.39 is 0 Å². The normalized spacial score (nSPS) is 18.5. The smallest absolute Gasteiger partial charge is 0.0803 e. The lowest BCUT2D eigenvalue weighted by Crippen LogP contribution is -2.51. The van der Waals surface area contributed by atoms with Gasteiger partial charge in [0.05, 0.1) is 32.0 Å². The molecule has 2 N–H and O–H groups in total. The Hall–Kier alpha value is -2.12. The lowest BCUT2D eigenvalue weighted by molar-refractivity contribution is -0.0712. The van der Waals surface area contributed by atoms with Crippen LogP contribution >= 0.6 is 0 Å². The number of aliphatic imine (C=N–C) groups is 1. The summed E-state index contributed by atoms with van der Waals surface area (Å²) in [6.07, 6.45) is 18.8. The Labute approximate surface area is 268 Å². The summed E-state index contributed by atoms with van der Waals surface area (Å²) in [5, 5.41) is 17.4.